The summed E-state index contributed by atoms with van der Waals surface area (Å²) in [6, 6.07) is 12.5. The van der Waals surface area contributed by atoms with Crippen LogP contribution in [0, 0.1) is 12.7 Å². The molecule has 0 unspecified atom stereocenters. The Kier molecular flexibility index (Phi) is 5.30. The third-order valence-corrected chi connectivity index (χ3v) is 3.91. The molecule has 1 amide bonds. The molecule has 3 rings (SSSR count). The first-order chi connectivity index (χ1) is 13.0. The molecule has 27 heavy (non-hydrogen) atoms. The zero-order chi connectivity index (χ0) is 19.4. The zero-order valence-corrected chi connectivity index (χ0v) is 14.8. The molecule has 1 aromatic heterocycles. The van der Waals surface area contributed by atoms with Crippen LogP contribution in [0.25, 0.3) is 10.9 Å². The Labute approximate surface area is 154 Å². The summed E-state index contributed by atoms with van der Waals surface area (Å²) in [5, 5.41) is 3.10. The molecular weight excluding hydrogens is 351 g/mol. The summed E-state index contributed by atoms with van der Waals surface area (Å²) < 4.78 is 23.8. The second-order valence-corrected chi connectivity index (χ2v) is 5.81. The van der Waals surface area contributed by atoms with Crippen molar-refractivity contribution >= 4 is 28.5 Å². The Morgan fingerprint density at radius 1 is 1.15 bits per heavy atom. The summed E-state index contributed by atoms with van der Waals surface area (Å²) in [4.78, 5) is 28.1. The van der Waals surface area contributed by atoms with Gasteiger partial charge in [0.25, 0.3) is 5.91 Å². The molecule has 0 bridgehead atoms. The first kappa shape index (κ1) is 18.3. The topological polar surface area (TPSA) is 77.5 Å². The van der Waals surface area contributed by atoms with Gasteiger partial charge in [-0.25, -0.2) is 14.2 Å². The molecule has 0 aliphatic rings. The number of amides is 1. The van der Waals surface area contributed by atoms with Crippen LogP contribution in [0.4, 0.5) is 10.1 Å². The zero-order valence-electron chi connectivity index (χ0n) is 14.8. The molecule has 0 aliphatic heterocycles. The molecule has 0 saturated heterocycles. The number of anilines is 1. The summed E-state index contributed by atoms with van der Waals surface area (Å²) >= 11 is 0. The van der Waals surface area contributed by atoms with Gasteiger partial charge < -0.3 is 14.8 Å². The lowest BCUT2D eigenvalue weighted by molar-refractivity contribution is -0.118. The highest BCUT2D eigenvalue weighted by Crippen LogP contribution is 2.27. The van der Waals surface area contributed by atoms with Crippen molar-refractivity contribution in [2.75, 3.05) is 19.0 Å². The van der Waals surface area contributed by atoms with Crippen LogP contribution >= 0.6 is 0 Å². The number of benzene rings is 2. The first-order valence-corrected chi connectivity index (χ1v) is 8.15. The van der Waals surface area contributed by atoms with Gasteiger partial charge >= 0.3 is 5.97 Å². The average molecular weight is 368 g/mol. The first-order valence-electron chi connectivity index (χ1n) is 8.15. The van der Waals surface area contributed by atoms with E-state index in [9.17, 15) is 14.0 Å². The number of para-hydroxylation sites is 1. The van der Waals surface area contributed by atoms with E-state index in [1.165, 1.54) is 31.4 Å². The molecule has 6 nitrogen and oxygen atoms in total. The van der Waals surface area contributed by atoms with Crippen LogP contribution < -0.4 is 10.1 Å². The molecule has 1 N–H and O–H groups in total. The highest BCUT2D eigenvalue weighted by atomic mass is 19.1. The number of carbonyl (C=O) groups is 2. The van der Waals surface area contributed by atoms with Crippen molar-refractivity contribution < 1.29 is 23.5 Å². The van der Waals surface area contributed by atoms with Gasteiger partial charge in [0.2, 0.25) is 0 Å². The lowest BCUT2D eigenvalue weighted by Gasteiger charge is -2.12. The number of hydrogen-bond donors (Lipinski definition) is 1. The highest BCUT2D eigenvalue weighted by Gasteiger charge is 2.15. The Morgan fingerprint density at radius 3 is 2.67 bits per heavy atom. The van der Waals surface area contributed by atoms with E-state index < -0.39 is 11.8 Å². The number of methoxy groups -OCH3 is 1. The van der Waals surface area contributed by atoms with Crippen molar-refractivity contribution in [3.05, 3.63) is 65.6 Å². The Balaban J connectivity index is 1.84. The monoisotopic (exact) mass is 368 g/mol. The van der Waals surface area contributed by atoms with Gasteiger partial charge in [-0.15, -0.1) is 0 Å². The van der Waals surface area contributed by atoms with Crippen LogP contribution in [-0.4, -0.2) is 30.6 Å². The predicted octanol–water partition coefficient (Wildman–Crippen LogP) is 3.49. The molecule has 138 valence electrons. The van der Waals surface area contributed by atoms with E-state index in [0.29, 0.717) is 16.6 Å². The van der Waals surface area contributed by atoms with Gasteiger partial charge in [-0.1, -0.05) is 18.2 Å². The van der Waals surface area contributed by atoms with Gasteiger partial charge in [0.15, 0.2) is 12.3 Å². The molecule has 0 spiro atoms. The SMILES string of the molecule is COC(=O)c1cc(OCC(=O)Nc2ccccc2C)c2cc(F)ccc2n1. The van der Waals surface area contributed by atoms with Crippen LogP contribution in [0.1, 0.15) is 16.1 Å². The van der Waals surface area contributed by atoms with Crippen molar-refractivity contribution in [1.29, 1.82) is 0 Å². The summed E-state index contributed by atoms with van der Waals surface area (Å²) in [6.07, 6.45) is 0. The van der Waals surface area contributed by atoms with E-state index in [0.717, 1.165) is 5.56 Å². The fourth-order valence-corrected chi connectivity index (χ4v) is 2.54. The fourth-order valence-electron chi connectivity index (χ4n) is 2.54. The summed E-state index contributed by atoms with van der Waals surface area (Å²) in [5.41, 5.74) is 1.95. The number of nitrogens with zero attached hydrogens (tertiary/aromatic N) is 1. The van der Waals surface area contributed by atoms with Gasteiger partial charge in [-0.2, -0.15) is 0 Å². The van der Waals surface area contributed by atoms with Crippen molar-refractivity contribution in [2.45, 2.75) is 6.92 Å². The van der Waals surface area contributed by atoms with Crippen LogP contribution in [0.15, 0.2) is 48.5 Å². The molecule has 7 heteroatoms. The number of aryl methyl sites for hydroxylation is 1. The van der Waals surface area contributed by atoms with E-state index >= 15 is 0 Å². The predicted molar refractivity (Wildman–Crippen MR) is 98.3 cm³/mol. The van der Waals surface area contributed by atoms with Gasteiger partial charge in [0, 0.05) is 17.1 Å². The maximum absolute atomic E-state index is 13.6. The normalized spacial score (nSPS) is 10.5. The van der Waals surface area contributed by atoms with E-state index in [2.05, 4.69) is 15.0 Å². The lowest BCUT2D eigenvalue weighted by atomic mass is 10.1. The number of ether oxygens (including phenoxy) is 2. The minimum Gasteiger partial charge on any atom is -0.483 e. The minimum absolute atomic E-state index is 0.00548. The van der Waals surface area contributed by atoms with Crippen molar-refractivity contribution in [1.82, 2.24) is 4.98 Å². The number of halogens is 1. The van der Waals surface area contributed by atoms with Crippen LogP contribution in [-0.2, 0) is 9.53 Å². The second kappa shape index (κ2) is 7.82. The number of nitrogens with one attached hydrogen (secondary N) is 1. The van der Waals surface area contributed by atoms with Crippen LogP contribution in [0.3, 0.4) is 0 Å². The fraction of sp³-hybridized carbons (Fsp3) is 0.150. The van der Waals surface area contributed by atoms with E-state index in [1.54, 1.807) is 6.07 Å². The number of esters is 1. The number of aromatic nitrogens is 1. The number of carbonyl (C=O) groups excluding carboxylic acids is 2. The van der Waals surface area contributed by atoms with E-state index in [4.69, 9.17) is 4.74 Å². The molecule has 1 heterocycles. The van der Waals surface area contributed by atoms with Gasteiger partial charge in [0.05, 0.1) is 12.6 Å². The summed E-state index contributed by atoms with van der Waals surface area (Å²) in [5.74, 6) is -1.36. The minimum atomic E-state index is -0.657. The number of hydrogen-bond acceptors (Lipinski definition) is 5. The molecule has 3 aromatic rings. The van der Waals surface area contributed by atoms with Crippen molar-refractivity contribution in [3.8, 4) is 5.75 Å². The van der Waals surface area contributed by atoms with Crippen molar-refractivity contribution in [3.63, 3.8) is 0 Å². The highest BCUT2D eigenvalue weighted by molar-refractivity contribution is 5.95. The second-order valence-electron chi connectivity index (χ2n) is 5.81. The molecule has 0 fully saturated rings. The van der Waals surface area contributed by atoms with Gasteiger partial charge in [-0.05, 0) is 36.8 Å². The third-order valence-electron chi connectivity index (χ3n) is 3.91. The maximum Gasteiger partial charge on any atom is 0.356 e. The van der Waals surface area contributed by atoms with E-state index in [-0.39, 0.29) is 24.0 Å². The molecule has 0 atom stereocenters. The molecule has 2 aromatic carbocycles. The van der Waals surface area contributed by atoms with Gasteiger partial charge in [-0.3, -0.25) is 4.79 Å². The smallest absolute Gasteiger partial charge is 0.356 e. The average Bonchev–Trinajstić information content (AvgIpc) is 2.67. The Morgan fingerprint density at radius 2 is 1.93 bits per heavy atom. The molecular formula is C20H17FN2O4. The number of rotatable bonds is 5. The van der Waals surface area contributed by atoms with Crippen LogP contribution in [0.5, 0.6) is 5.75 Å². The standard InChI is InChI=1S/C20H17FN2O4/c1-12-5-3-4-6-15(12)23-19(24)11-27-18-10-17(20(25)26-2)22-16-8-7-13(21)9-14(16)18/h3-10H,11H2,1-2H3,(H,23,24). The number of fused-ring (bicyclic) bond motifs is 1. The third kappa shape index (κ3) is 4.20. The molecule has 0 radical (unpaired) electrons. The summed E-state index contributed by atoms with van der Waals surface area (Å²) in [7, 11) is 1.23. The Hall–Kier alpha value is -3.48. The van der Waals surface area contributed by atoms with Crippen molar-refractivity contribution in [2.24, 2.45) is 0 Å². The van der Waals surface area contributed by atoms with Crippen LogP contribution in [0.2, 0.25) is 0 Å². The molecule has 0 aliphatic carbocycles. The number of pyridine rings is 1. The largest absolute Gasteiger partial charge is 0.483 e. The maximum atomic E-state index is 13.6. The van der Waals surface area contributed by atoms with Gasteiger partial charge in [0.1, 0.15) is 11.6 Å². The summed E-state index contributed by atoms with van der Waals surface area (Å²) in [6.45, 7) is 1.56. The lowest BCUT2D eigenvalue weighted by Crippen LogP contribution is -2.21. The quantitative estimate of drug-likeness (QED) is 0.698. The Bertz CT molecular complexity index is 1020. The molecule has 0 saturated carbocycles. The van der Waals surface area contributed by atoms with E-state index in [1.807, 2.05) is 25.1 Å².